The summed E-state index contributed by atoms with van der Waals surface area (Å²) < 4.78 is 10.9. The van der Waals surface area contributed by atoms with Gasteiger partial charge in [0, 0.05) is 32.7 Å². The molecule has 156 valence electrons. The van der Waals surface area contributed by atoms with Gasteiger partial charge in [-0.25, -0.2) is 4.99 Å². The van der Waals surface area contributed by atoms with E-state index in [9.17, 15) is 0 Å². The Balaban J connectivity index is 1.53. The first-order valence-corrected chi connectivity index (χ1v) is 10.3. The quantitative estimate of drug-likeness (QED) is 0.531. The number of methoxy groups -OCH3 is 2. The van der Waals surface area contributed by atoms with Gasteiger partial charge in [-0.2, -0.15) is 0 Å². The van der Waals surface area contributed by atoms with Crippen LogP contribution < -0.4 is 20.1 Å². The molecule has 1 heterocycles. The molecule has 0 radical (unpaired) electrons. The summed E-state index contributed by atoms with van der Waals surface area (Å²) >= 11 is 0. The first kappa shape index (κ1) is 21.0. The van der Waals surface area contributed by atoms with Gasteiger partial charge in [-0.3, -0.25) is 4.90 Å². The highest BCUT2D eigenvalue weighted by Gasteiger charge is 2.19. The number of ether oxygens (including phenoxy) is 2. The number of hydrogen-bond acceptors (Lipinski definition) is 4. The Kier molecular flexibility index (Phi) is 7.76. The monoisotopic (exact) mass is 396 g/mol. The van der Waals surface area contributed by atoms with Crippen LogP contribution in [-0.2, 0) is 19.5 Å². The molecule has 0 spiro atoms. The SMILES string of the molecule is CCNC(=NCc1ccccc1)NCCN1CCc2cc(OC)c(OC)cc2C1. The van der Waals surface area contributed by atoms with Crippen LogP contribution >= 0.6 is 0 Å². The topological polar surface area (TPSA) is 58.1 Å². The zero-order chi connectivity index (χ0) is 20.5. The number of nitrogens with zero attached hydrogens (tertiary/aromatic N) is 2. The number of rotatable bonds is 8. The standard InChI is InChI=1S/C23H32N4O2/c1-4-24-23(26-16-18-8-6-5-7-9-18)25-11-13-27-12-10-19-14-21(28-2)22(29-3)15-20(19)17-27/h5-9,14-15H,4,10-13,16-17H2,1-3H3,(H2,24,25,26). The molecule has 2 aromatic rings. The lowest BCUT2D eigenvalue weighted by Gasteiger charge is -2.29. The van der Waals surface area contributed by atoms with E-state index in [2.05, 4.69) is 51.7 Å². The fourth-order valence-corrected chi connectivity index (χ4v) is 3.56. The van der Waals surface area contributed by atoms with Gasteiger partial charge in [0.25, 0.3) is 0 Å². The smallest absolute Gasteiger partial charge is 0.191 e. The van der Waals surface area contributed by atoms with Gasteiger partial charge in [0.15, 0.2) is 17.5 Å². The van der Waals surface area contributed by atoms with Crippen molar-refractivity contribution in [2.75, 3.05) is 40.4 Å². The van der Waals surface area contributed by atoms with E-state index in [1.54, 1.807) is 14.2 Å². The molecule has 29 heavy (non-hydrogen) atoms. The molecular formula is C23H32N4O2. The number of hydrogen-bond donors (Lipinski definition) is 2. The van der Waals surface area contributed by atoms with E-state index >= 15 is 0 Å². The van der Waals surface area contributed by atoms with Crippen molar-refractivity contribution in [2.24, 2.45) is 4.99 Å². The third kappa shape index (κ3) is 5.87. The maximum atomic E-state index is 5.46. The van der Waals surface area contributed by atoms with Gasteiger partial charge in [0.2, 0.25) is 0 Å². The van der Waals surface area contributed by atoms with Crippen molar-refractivity contribution >= 4 is 5.96 Å². The van der Waals surface area contributed by atoms with Crippen LogP contribution in [0.5, 0.6) is 11.5 Å². The van der Waals surface area contributed by atoms with E-state index in [1.165, 1.54) is 16.7 Å². The molecule has 0 fully saturated rings. The molecule has 0 amide bonds. The highest BCUT2D eigenvalue weighted by Crippen LogP contribution is 2.33. The molecule has 0 atom stereocenters. The van der Waals surface area contributed by atoms with Crippen molar-refractivity contribution in [1.29, 1.82) is 0 Å². The van der Waals surface area contributed by atoms with Crippen molar-refractivity contribution < 1.29 is 9.47 Å². The molecule has 6 heteroatoms. The van der Waals surface area contributed by atoms with Crippen molar-refractivity contribution in [3.8, 4) is 11.5 Å². The Morgan fingerprint density at radius 1 is 1.03 bits per heavy atom. The fraction of sp³-hybridized carbons (Fsp3) is 0.435. The average Bonchev–Trinajstić information content (AvgIpc) is 2.77. The maximum absolute atomic E-state index is 5.46. The van der Waals surface area contributed by atoms with Crippen molar-refractivity contribution in [1.82, 2.24) is 15.5 Å². The van der Waals surface area contributed by atoms with Gasteiger partial charge in [-0.1, -0.05) is 30.3 Å². The van der Waals surface area contributed by atoms with Crippen LogP contribution in [0.4, 0.5) is 0 Å². The van der Waals surface area contributed by atoms with Gasteiger partial charge < -0.3 is 20.1 Å². The molecule has 1 aliphatic heterocycles. The summed E-state index contributed by atoms with van der Waals surface area (Å²) in [4.78, 5) is 7.15. The number of fused-ring (bicyclic) bond motifs is 1. The highest BCUT2D eigenvalue weighted by molar-refractivity contribution is 5.79. The Bertz CT molecular complexity index is 808. The minimum Gasteiger partial charge on any atom is -0.493 e. The average molecular weight is 397 g/mol. The predicted octanol–water partition coefficient (Wildman–Crippen LogP) is 2.82. The third-order valence-corrected chi connectivity index (χ3v) is 5.12. The van der Waals surface area contributed by atoms with Gasteiger partial charge in [-0.15, -0.1) is 0 Å². The number of nitrogens with one attached hydrogen (secondary N) is 2. The number of aliphatic imine (C=N–C) groups is 1. The Labute approximate surface area is 173 Å². The van der Waals surface area contributed by atoms with Crippen LogP contribution in [0.2, 0.25) is 0 Å². The maximum Gasteiger partial charge on any atom is 0.191 e. The zero-order valence-electron chi connectivity index (χ0n) is 17.7. The Hall–Kier alpha value is -2.73. The van der Waals surface area contributed by atoms with E-state index in [-0.39, 0.29) is 0 Å². The number of guanidine groups is 1. The minimum atomic E-state index is 0.675. The lowest BCUT2D eigenvalue weighted by molar-refractivity contribution is 0.256. The van der Waals surface area contributed by atoms with Gasteiger partial charge in [0.05, 0.1) is 20.8 Å². The second kappa shape index (κ2) is 10.7. The fourth-order valence-electron chi connectivity index (χ4n) is 3.56. The van der Waals surface area contributed by atoms with Crippen LogP contribution in [0.3, 0.4) is 0 Å². The normalized spacial score (nSPS) is 14.2. The Morgan fingerprint density at radius 2 is 1.76 bits per heavy atom. The molecule has 0 saturated heterocycles. The molecule has 2 N–H and O–H groups in total. The predicted molar refractivity (Wildman–Crippen MR) is 118 cm³/mol. The molecule has 3 rings (SSSR count). The largest absolute Gasteiger partial charge is 0.493 e. The first-order chi connectivity index (χ1) is 14.2. The van der Waals surface area contributed by atoms with E-state index in [4.69, 9.17) is 9.47 Å². The first-order valence-electron chi connectivity index (χ1n) is 10.3. The van der Waals surface area contributed by atoms with Crippen molar-refractivity contribution in [3.05, 3.63) is 59.2 Å². The van der Waals surface area contributed by atoms with Gasteiger partial charge >= 0.3 is 0 Å². The molecule has 0 aliphatic carbocycles. The Morgan fingerprint density at radius 3 is 2.45 bits per heavy atom. The minimum absolute atomic E-state index is 0.675. The van der Waals surface area contributed by atoms with Crippen molar-refractivity contribution in [3.63, 3.8) is 0 Å². The van der Waals surface area contributed by atoms with Crippen LogP contribution in [-0.4, -0.2) is 51.3 Å². The van der Waals surface area contributed by atoms with Gasteiger partial charge in [-0.05, 0) is 42.2 Å². The molecule has 0 unspecified atom stereocenters. The molecule has 6 nitrogen and oxygen atoms in total. The molecule has 0 saturated carbocycles. The van der Waals surface area contributed by atoms with Crippen molar-refractivity contribution in [2.45, 2.75) is 26.4 Å². The van der Waals surface area contributed by atoms with Crippen LogP contribution in [0.25, 0.3) is 0 Å². The van der Waals surface area contributed by atoms with E-state index in [1.807, 2.05) is 18.2 Å². The lowest BCUT2D eigenvalue weighted by atomic mass is 9.99. The zero-order valence-corrected chi connectivity index (χ0v) is 17.7. The van der Waals surface area contributed by atoms with Gasteiger partial charge in [0.1, 0.15) is 0 Å². The van der Waals surface area contributed by atoms with E-state index in [0.717, 1.165) is 56.6 Å². The van der Waals surface area contributed by atoms with E-state index in [0.29, 0.717) is 6.54 Å². The molecule has 1 aliphatic rings. The summed E-state index contributed by atoms with van der Waals surface area (Å²) in [6.07, 6.45) is 1.03. The summed E-state index contributed by atoms with van der Waals surface area (Å²) in [5, 5.41) is 6.78. The van der Waals surface area contributed by atoms with Crippen LogP contribution in [0.1, 0.15) is 23.6 Å². The molecule has 0 aromatic heterocycles. The van der Waals surface area contributed by atoms with Crippen LogP contribution in [0, 0.1) is 0 Å². The molecular weight excluding hydrogens is 364 g/mol. The summed E-state index contributed by atoms with van der Waals surface area (Å²) in [6.45, 7) is 7.39. The van der Waals surface area contributed by atoms with E-state index < -0.39 is 0 Å². The van der Waals surface area contributed by atoms with Crippen LogP contribution in [0.15, 0.2) is 47.5 Å². The second-order valence-electron chi connectivity index (χ2n) is 7.11. The third-order valence-electron chi connectivity index (χ3n) is 5.12. The molecule has 2 aromatic carbocycles. The lowest BCUT2D eigenvalue weighted by Crippen LogP contribution is -2.42. The highest BCUT2D eigenvalue weighted by atomic mass is 16.5. The summed E-state index contributed by atoms with van der Waals surface area (Å²) in [6, 6.07) is 14.5. The summed E-state index contributed by atoms with van der Waals surface area (Å²) in [5.74, 6) is 2.47. The summed E-state index contributed by atoms with van der Waals surface area (Å²) in [5.41, 5.74) is 3.88. The second-order valence-corrected chi connectivity index (χ2v) is 7.11. The number of benzene rings is 2. The molecule has 0 bridgehead atoms. The summed E-state index contributed by atoms with van der Waals surface area (Å²) in [7, 11) is 3.37.